The van der Waals surface area contributed by atoms with Crippen molar-refractivity contribution in [2.75, 3.05) is 0 Å². The Morgan fingerprint density at radius 2 is 2.27 bits per heavy atom. The molecule has 2 rings (SSSR count). The van der Waals surface area contributed by atoms with Gasteiger partial charge in [0.25, 0.3) is 0 Å². The SMILES string of the molecule is CC1=NC2CCC(C)CC2S1. The molecule has 1 nitrogen and oxygen atoms in total. The quantitative estimate of drug-likeness (QED) is 0.543. The van der Waals surface area contributed by atoms with Crippen molar-refractivity contribution in [3.8, 4) is 0 Å². The molecule has 3 unspecified atom stereocenters. The Kier molecular flexibility index (Phi) is 1.96. The molecule has 2 heteroatoms. The molecule has 1 aliphatic carbocycles. The molecule has 0 saturated heterocycles. The average Bonchev–Trinajstić information content (AvgIpc) is 2.27. The maximum atomic E-state index is 4.62. The van der Waals surface area contributed by atoms with E-state index in [9.17, 15) is 0 Å². The maximum Gasteiger partial charge on any atom is 0.0652 e. The lowest BCUT2D eigenvalue weighted by Gasteiger charge is -2.27. The van der Waals surface area contributed by atoms with Gasteiger partial charge in [0, 0.05) is 5.25 Å². The Balaban J connectivity index is 2.03. The normalized spacial score (nSPS) is 43.5. The maximum absolute atomic E-state index is 4.62. The van der Waals surface area contributed by atoms with E-state index in [-0.39, 0.29) is 0 Å². The lowest BCUT2D eigenvalue weighted by molar-refractivity contribution is 0.363. The van der Waals surface area contributed by atoms with Crippen LogP contribution in [-0.4, -0.2) is 16.3 Å². The Labute approximate surface area is 72.7 Å². The van der Waals surface area contributed by atoms with Crippen molar-refractivity contribution in [2.24, 2.45) is 10.9 Å². The fraction of sp³-hybridized carbons (Fsp3) is 0.889. The highest BCUT2D eigenvalue weighted by molar-refractivity contribution is 8.14. The molecule has 0 radical (unpaired) electrons. The summed E-state index contributed by atoms with van der Waals surface area (Å²) in [6.07, 6.45) is 4.10. The minimum absolute atomic E-state index is 0.677. The van der Waals surface area contributed by atoms with Crippen LogP contribution < -0.4 is 0 Å². The van der Waals surface area contributed by atoms with Gasteiger partial charge in [-0.05, 0) is 32.1 Å². The lowest BCUT2D eigenvalue weighted by Crippen LogP contribution is -2.26. The first kappa shape index (κ1) is 7.66. The van der Waals surface area contributed by atoms with E-state index in [0.717, 1.165) is 11.2 Å². The van der Waals surface area contributed by atoms with Crippen molar-refractivity contribution in [3.63, 3.8) is 0 Å². The molecule has 1 saturated carbocycles. The molecule has 2 aliphatic rings. The Morgan fingerprint density at radius 1 is 1.45 bits per heavy atom. The lowest BCUT2D eigenvalue weighted by atomic mass is 9.87. The zero-order chi connectivity index (χ0) is 7.84. The topological polar surface area (TPSA) is 12.4 Å². The zero-order valence-electron chi connectivity index (χ0n) is 7.21. The van der Waals surface area contributed by atoms with Gasteiger partial charge in [0.1, 0.15) is 0 Å². The largest absolute Gasteiger partial charge is 0.279 e. The molecule has 0 N–H and O–H groups in total. The van der Waals surface area contributed by atoms with Crippen molar-refractivity contribution in [1.82, 2.24) is 0 Å². The second-order valence-corrected chi connectivity index (χ2v) is 5.22. The Bertz CT molecular complexity index is 188. The van der Waals surface area contributed by atoms with Crippen LogP contribution in [0.2, 0.25) is 0 Å². The Morgan fingerprint density at radius 3 is 3.09 bits per heavy atom. The van der Waals surface area contributed by atoms with E-state index in [1.807, 2.05) is 11.8 Å². The van der Waals surface area contributed by atoms with E-state index in [2.05, 4.69) is 18.8 Å². The van der Waals surface area contributed by atoms with E-state index < -0.39 is 0 Å². The summed E-state index contributed by atoms with van der Waals surface area (Å²) in [7, 11) is 0. The minimum atomic E-state index is 0.677. The van der Waals surface area contributed by atoms with Crippen LogP contribution in [0.15, 0.2) is 4.99 Å². The van der Waals surface area contributed by atoms with Gasteiger partial charge < -0.3 is 0 Å². The summed E-state index contributed by atoms with van der Waals surface area (Å²) in [5, 5.41) is 2.15. The number of rotatable bonds is 0. The first-order valence-electron chi connectivity index (χ1n) is 4.47. The molecule has 1 heterocycles. The van der Waals surface area contributed by atoms with E-state index >= 15 is 0 Å². The smallest absolute Gasteiger partial charge is 0.0652 e. The van der Waals surface area contributed by atoms with Crippen LogP contribution in [0.1, 0.15) is 33.1 Å². The third kappa shape index (κ3) is 1.46. The van der Waals surface area contributed by atoms with Crippen molar-refractivity contribution in [2.45, 2.75) is 44.4 Å². The number of nitrogens with zero attached hydrogens (tertiary/aromatic N) is 1. The second-order valence-electron chi connectivity index (χ2n) is 3.79. The van der Waals surface area contributed by atoms with Gasteiger partial charge in [0.15, 0.2) is 0 Å². The van der Waals surface area contributed by atoms with Crippen LogP contribution in [-0.2, 0) is 0 Å². The number of hydrogen-bond donors (Lipinski definition) is 0. The third-order valence-corrected chi connectivity index (χ3v) is 3.94. The summed E-state index contributed by atoms with van der Waals surface area (Å²) in [4.78, 5) is 4.62. The van der Waals surface area contributed by atoms with Gasteiger partial charge in [-0.2, -0.15) is 0 Å². The molecule has 1 aliphatic heterocycles. The molecule has 62 valence electrons. The number of thioether (sulfide) groups is 1. The molecular formula is C9H15NS. The molecular weight excluding hydrogens is 154 g/mol. The van der Waals surface area contributed by atoms with Crippen molar-refractivity contribution in [3.05, 3.63) is 0 Å². The van der Waals surface area contributed by atoms with Gasteiger partial charge in [-0.3, -0.25) is 4.99 Å². The summed E-state index contributed by atoms with van der Waals surface area (Å²) in [5.74, 6) is 0.935. The van der Waals surface area contributed by atoms with Crippen molar-refractivity contribution in [1.29, 1.82) is 0 Å². The molecule has 0 aromatic carbocycles. The summed E-state index contributed by atoms with van der Waals surface area (Å²) in [6.45, 7) is 4.51. The monoisotopic (exact) mass is 169 g/mol. The van der Waals surface area contributed by atoms with Crippen molar-refractivity contribution < 1.29 is 0 Å². The van der Waals surface area contributed by atoms with Crippen LogP contribution in [0, 0.1) is 5.92 Å². The van der Waals surface area contributed by atoms with Gasteiger partial charge in [0.2, 0.25) is 0 Å². The molecule has 1 fully saturated rings. The highest BCUT2D eigenvalue weighted by atomic mass is 32.2. The van der Waals surface area contributed by atoms with Gasteiger partial charge in [-0.25, -0.2) is 0 Å². The first-order valence-corrected chi connectivity index (χ1v) is 5.34. The third-order valence-electron chi connectivity index (χ3n) is 2.69. The van der Waals surface area contributed by atoms with Gasteiger partial charge in [-0.1, -0.05) is 6.92 Å². The highest BCUT2D eigenvalue weighted by Crippen LogP contribution is 2.38. The van der Waals surface area contributed by atoms with Crippen LogP contribution in [0.4, 0.5) is 0 Å². The fourth-order valence-electron chi connectivity index (χ4n) is 2.07. The van der Waals surface area contributed by atoms with Crippen LogP contribution in [0.5, 0.6) is 0 Å². The average molecular weight is 169 g/mol. The highest BCUT2D eigenvalue weighted by Gasteiger charge is 2.33. The summed E-state index contributed by atoms with van der Waals surface area (Å²) < 4.78 is 0. The summed E-state index contributed by atoms with van der Waals surface area (Å²) in [6, 6.07) is 0.677. The molecule has 0 bridgehead atoms. The van der Waals surface area contributed by atoms with Crippen molar-refractivity contribution >= 4 is 16.8 Å². The Hall–Kier alpha value is 0.0200. The molecule has 0 amide bonds. The van der Waals surface area contributed by atoms with Gasteiger partial charge >= 0.3 is 0 Å². The molecule has 11 heavy (non-hydrogen) atoms. The predicted octanol–water partition coefficient (Wildman–Crippen LogP) is 2.71. The van der Waals surface area contributed by atoms with Gasteiger partial charge in [-0.15, -0.1) is 11.8 Å². The van der Waals surface area contributed by atoms with E-state index in [1.165, 1.54) is 24.3 Å². The molecule has 0 aromatic heterocycles. The van der Waals surface area contributed by atoms with Crippen LogP contribution in [0.25, 0.3) is 0 Å². The predicted molar refractivity (Wildman–Crippen MR) is 51.3 cm³/mol. The zero-order valence-corrected chi connectivity index (χ0v) is 8.03. The minimum Gasteiger partial charge on any atom is -0.279 e. The second kappa shape index (κ2) is 2.81. The van der Waals surface area contributed by atoms with E-state index in [4.69, 9.17) is 0 Å². The first-order chi connectivity index (χ1) is 5.25. The molecule has 0 spiro atoms. The number of hydrogen-bond acceptors (Lipinski definition) is 2. The molecule has 3 atom stereocenters. The van der Waals surface area contributed by atoms with Crippen LogP contribution in [0.3, 0.4) is 0 Å². The van der Waals surface area contributed by atoms with E-state index in [0.29, 0.717) is 6.04 Å². The number of aliphatic imine (C=N–C) groups is 1. The van der Waals surface area contributed by atoms with Gasteiger partial charge in [0.05, 0.1) is 11.1 Å². The summed E-state index contributed by atoms with van der Waals surface area (Å²) in [5.41, 5.74) is 0. The summed E-state index contributed by atoms with van der Waals surface area (Å²) >= 11 is 2.00. The number of fused-ring (bicyclic) bond motifs is 1. The standard InChI is InChI=1S/C9H15NS/c1-6-3-4-8-9(5-6)11-7(2)10-8/h6,8-9H,3-5H2,1-2H3. The molecule has 0 aromatic rings. The van der Waals surface area contributed by atoms with Crippen LogP contribution >= 0.6 is 11.8 Å². The van der Waals surface area contributed by atoms with E-state index in [1.54, 1.807) is 0 Å². The fourth-order valence-corrected chi connectivity index (χ4v) is 3.48.